The van der Waals surface area contributed by atoms with E-state index in [1.165, 1.54) is 12.4 Å². The molecule has 1 amide bonds. The van der Waals surface area contributed by atoms with E-state index in [2.05, 4.69) is 20.3 Å². The zero-order valence-electron chi connectivity index (χ0n) is 12.3. The molecule has 0 aliphatic carbocycles. The summed E-state index contributed by atoms with van der Waals surface area (Å²) in [6.07, 6.45) is 4.31. The van der Waals surface area contributed by atoms with Gasteiger partial charge in [-0.05, 0) is 12.1 Å². The number of nitrogens with one attached hydrogen (secondary N) is 1. The van der Waals surface area contributed by atoms with Crippen molar-refractivity contribution in [1.82, 2.24) is 19.9 Å². The van der Waals surface area contributed by atoms with Crippen LogP contribution in [0.1, 0.15) is 22.3 Å². The second kappa shape index (κ2) is 6.48. The molecule has 22 heavy (non-hydrogen) atoms. The summed E-state index contributed by atoms with van der Waals surface area (Å²) in [6.45, 7) is 1.47. The number of pyridine rings is 1. The normalized spacial score (nSPS) is 18.0. The minimum atomic E-state index is -0.234. The summed E-state index contributed by atoms with van der Waals surface area (Å²) in [5.41, 5.74) is 1.16. The minimum Gasteiger partial charge on any atom is -0.373 e. The van der Waals surface area contributed by atoms with Crippen LogP contribution in [0.25, 0.3) is 0 Å². The fourth-order valence-electron chi connectivity index (χ4n) is 2.35. The Hall–Kier alpha value is -2.54. The molecule has 0 bridgehead atoms. The van der Waals surface area contributed by atoms with Gasteiger partial charge in [0.25, 0.3) is 5.91 Å². The van der Waals surface area contributed by atoms with Gasteiger partial charge in [0.1, 0.15) is 17.6 Å². The number of aromatic nitrogens is 3. The summed E-state index contributed by atoms with van der Waals surface area (Å²) < 4.78 is 5.76. The van der Waals surface area contributed by atoms with Gasteiger partial charge in [0.2, 0.25) is 0 Å². The van der Waals surface area contributed by atoms with Gasteiger partial charge in [-0.1, -0.05) is 6.07 Å². The molecule has 0 saturated carbocycles. The number of hydrogen-bond acceptors (Lipinski definition) is 6. The van der Waals surface area contributed by atoms with Gasteiger partial charge in [-0.2, -0.15) is 0 Å². The van der Waals surface area contributed by atoms with Crippen LogP contribution >= 0.6 is 0 Å². The Balaban J connectivity index is 1.75. The van der Waals surface area contributed by atoms with E-state index in [-0.39, 0.29) is 12.0 Å². The van der Waals surface area contributed by atoms with Gasteiger partial charge >= 0.3 is 0 Å². The topological polar surface area (TPSA) is 80.2 Å². The highest BCUT2D eigenvalue weighted by atomic mass is 16.5. The monoisotopic (exact) mass is 299 g/mol. The quantitative estimate of drug-likeness (QED) is 0.915. The average Bonchev–Trinajstić information content (AvgIpc) is 2.62. The van der Waals surface area contributed by atoms with Gasteiger partial charge in [-0.3, -0.25) is 9.78 Å². The van der Waals surface area contributed by atoms with Gasteiger partial charge in [-0.25, -0.2) is 9.97 Å². The zero-order valence-corrected chi connectivity index (χ0v) is 12.3. The summed E-state index contributed by atoms with van der Waals surface area (Å²) in [5.74, 6) is 0.643. The van der Waals surface area contributed by atoms with Crippen molar-refractivity contribution in [3.63, 3.8) is 0 Å². The first-order valence-corrected chi connectivity index (χ1v) is 7.09. The molecule has 1 aliphatic rings. The Morgan fingerprint density at radius 3 is 3.09 bits per heavy atom. The molecule has 1 saturated heterocycles. The Morgan fingerprint density at radius 1 is 1.41 bits per heavy atom. The maximum atomic E-state index is 12.4. The van der Waals surface area contributed by atoms with Crippen molar-refractivity contribution < 1.29 is 9.53 Å². The van der Waals surface area contributed by atoms with Crippen molar-refractivity contribution >= 4 is 11.7 Å². The zero-order chi connectivity index (χ0) is 15.4. The summed E-state index contributed by atoms with van der Waals surface area (Å²) in [7, 11) is 1.82. The van der Waals surface area contributed by atoms with Crippen molar-refractivity contribution in [3.05, 3.63) is 48.2 Å². The van der Waals surface area contributed by atoms with E-state index in [0.29, 0.717) is 25.4 Å². The molecule has 1 aliphatic heterocycles. The van der Waals surface area contributed by atoms with Gasteiger partial charge < -0.3 is 15.0 Å². The van der Waals surface area contributed by atoms with E-state index >= 15 is 0 Å². The van der Waals surface area contributed by atoms with Crippen LogP contribution in [0.5, 0.6) is 0 Å². The number of nitrogens with zero attached hydrogens (tertiary/aromatic N) is 4. The van der Waals surface area contributed by atoms with Gasteiger partial charge in [0, 0.05) is 26.0 Å². The largest absolute Gasteiger partial charge is 0.373 e. The number of rotatable bonds is 3. The predicted molar refractivity (Wildman–Crippen MR) is 80.4 cm³/mol. The van der Waals surface area contributed by atoms with Crippen LogP contribution in [0, 0.1) is 0 Å². The first-order valence-electron chi connectivity index (χ1n) is 7.09. The van der Waals surface area contributed by atoms with Crippen molar-refractivity contribution in [2.45, 2.75) is 6.10 Å². The smallest absolute Gasteiger partial charge is 0.274 e. The molecular weight excluding hydrogens is 282 g/mol. The Morgan fingerprint density at radius 2 is 2.32 bits per heavy atom. The lowest BCUT2D eigenvalue weighted by atomic mass is 10.1. The molecule has 3 rings (SSSR count). The fourth-order valence-corrected chi connectivity index (χ4v) is 2.35. The molecule has 2 aromatic rings. The SMILES string of the molecule is CNc1cccc([C@@H]2CN(C(=O)c3cnccn3)CCO2)n1. The van der Waals surface area contributed by atoms with E-state index < -0.39 is 0 Å². The fraction of sp³-hybridized carbons (Fsp3) is 0.333. The molecule has 3 heterocycles. The van der Waals surface area contributed by atoms with Crippen LogP contribution in [-0.4, -0.2) is 52.5 Å². The van der Waals surface area contributed by atoms with E-state index in [1.54, 1.807) is 11.1 Å². The van der Waals surface area contributed by atoms with Crippen LogP contribution < -0.4 is 5.32 Å². The van der Waals surface area contributed by atoms with Crippen LogP contribution in [0.15, 0.2) is 36.8 Å². The number of carbonyl (C=O) groups is 1. The maximum Gasteiger partial charge on any atom is 0.274 e. The lowest BCUT2D eigenvalue weighted by Gasteiger charge is -2.32. The first kappa shape index (κ1) is 14.4. The summed E-state index contributed by atoms with van der Waals surface area (Å²) in [6, 6.07) is 5.71. The Bertz CT molecular complexity index is 649. The maximum absolute atomic E-state index is 12.4. The predicted octanol–water partition coefficient (Wildman–Crippen LogP) is 1.13. The number of amides is 1. The van der Waals surface area contributed by atoms with Crippen molar-refractivity contribution in [3.8, 4) is 0 Å². The summed E-state index contributed by atoms with van der Waals surface area (Å²) >= 11 is 0. The number of ether oxygens (including phenoxy) is 1. The second-order valence-electron chi connectivity index (χ2n) is 4.90. The molecule has 1 N–H and O–H groups in total. The van der Waals surface area contributed by atoms with Crippen molar-refractivity contribution in [2.24, 2.45) is 0 Å². The molecule has 2 aromatic heterocycles. The third-order valence-corrected chi connectivity index (χ3v) is 3.49. The van der Waals surface area contributed by atoms with Gasteiger partial charge in [-0.15, -0.1) is 0 Å². The minimum absolute atomic E-state index is 0.133. The van der Waals surface area contributed by atoms with Crippen LogP contribution in [-0.2, 0) is 4.74 Å². The molecule has 7 nitrogen and oxygen atoms in total. The molecule has 0 aromatic carbocycles. The molecular formula is C15H17N5O2. The average molecular weight is 299 g/mol. The summed E-state index contributed by atoms with van der Waals surface area (Å²) in [4.78, 5) is 26.6. The lowest BCUT2D eigenvalue weighted by Crippen LogP contribution is -2.42. The summed E-state index contributed by atoms with van der Waals surface area (Å²) in [5, 5.41) is 3.00. The van der Waals surface area contributed by atoms with Crippen molar-refractivity contribution in [2.75, 3.05) is 32.1 Å². The highest BCUT2D eigenvalue weighted by Crippen LogP contribution is 2.22. The number of morpholine rings is 1. The molecule has 0 spiro atoms. The van der Waals surface area contributed by atoms with Gasteiger partial charge in [0.15, 0.2) is 0 Å². The standard InChI is InChI=1S/C15H17N5O2/c1-16-14-4-2-3-11(19-14)13-10-20(7-8-22-13)15(21)12-9-17-5-6-18-12/h2-6,9,13H,7-8,10H2,1H3,(H,16,19)/t13-/m0/s1. The Kier molecular flexibility index (Phi) is 4.24. The second-order valence-corrected chi connectivity index (χ2v) is 4.90. The third-order valence-electron chi connectivity index (χ3n) is 3.49. The highest BCUT2D eigenvalue weighted by molar-refractivity contribution is 5.92. The molecule has 0 unspecified atom stereocenters. The van der Waals surface area contributed by atoms with E-state index in [4.69, 9.17) is 4.74 Å². The number of carbonyl (C=O) groups excluding carboxylic acids is 1. The molecule has 1 fully saturated rings. The highest BCUT2D eigenvalue weighted by Gasteiger charge is 2.27. The van der Waals surface area contributed by atoms with Crippen LogP contribution in [0.4, 0.5) is 5.82 Å². The number of anilines is 1. The molecule has 7 heteroatoms. The first-order chi connectivity index (χ1) is 10.8. The van der Waals surface area contributed by atoms with E-state index in [9.17, 15) is 4.79 Å². The third kappa shape index (κ3) is 3.04. The van der Waals surface area contributed by atoms with Crippen molar-refractivity contribution in [1.29, 1.82) is 0 Å². The van der Waals surface area contributed by atoms with Gasteiger partial charge in [0.05, 0.1) is 25.0 Å². The Labute approximate surface area is 128 Å². The number of hydrogen-bond donors (Lipinski definition) is 1. The molecule has 1 atom stereocenters. The van der Waals surface area contributed by atoms with Crippen LogP contribution in [0.2, 0.25) is 0 Å². The molecule has 0 radical (unpaired) electrons. The lowest BCUT2D eigenvalue weighted by molar-refractivity contribution is -0.0248. The van der Waals surface area contributed by atoms with Crippen LogP contribution in [0.3, 0.4) is 0 Å². The van der Waals surface area contributed by atoms with E-state index in [1.807, 2.05) is 25.2 Å². The van der Waals surface area contributed by atoms with E-state index in [0.717, 1.165) is 11.5 Å². The molecule has 114 valence electrons.